The first-order valence-corrected chi connectivity index (χ1v) is 4.34. The van der Waals surface area contributed by atoms with Gasteiger partial charge in [0.15, 0.2) is 0 Å². The number of Topliss-reactive ketones (excluding diaryl/α,β-unsaturated/α-hetero) is 2. The van der Waals surface area contributed by atoms with E-state index in [0.717, 1.165) is 0 Å². The molecule has 0 aliphatic heterocycles. The molecular formula is C9H10N2O2. The van der Waals surface area contributed by atoms with E-state index in [1.807, 2.05) is 0 Å². The fraction of sp³-hybridized carbons (Fsp3) is 0.444. The van der Waals surface area contributed by atoms with Crippen molar-refractivity contribution in [2.75, 3.05) is 0 Å². The Hall–Kier alpha value is -1.45. The first-order chi connectivity index (χ1) is 6.29. The molecule has 1 heterocycles. The summed E-state index contributed by atoms with van der Waals surface area (Å²) in [5, 5.41) is 6.41. The SMILES string of the molecule is O=C1CCCC(=O)C1c1ccn[nH]1. The van der Waals surface area contributed by atoms with Gasteiger partial charge in [0.05, 0.1) is 5.69 Å². The number of rotatable bonds is 1. The second-order valence-electron chi connectivity index (χ2n) is 3.23. The number of carbonyl (C=O) groups excluding carboxylic acids is 2. The molecule has 2 rings (SSSR count). The van der Waals surface area contributed by atoms with Crippen molar-refractivity contribution in [2.45, 2.75) is 25.2 Å². The van der Waals surface area contributed by atoms with Gasteiger partial charge in [0, 0.05) is 19.0 Å². The van der Waals surface area contributed by atoms with Gasteiger partial charge in [-0.25, -0.2) is 0 Å². The highest BCUT2D eigenvalue weighted by atomic mass is 16.2. The lowest BCUT2D eigenvalue weighted by Crippen LogP contribution is -2.26. The summed E-state index contributed by atoms with van der Waals surface area (Å²) < 4.78 is 0. The molecule has 1 aromatic heterocycles. The Morgan fingerprint density at radius 1 is 1.31 bits per heavy atom. The third kappa shape index (κ3) is 1.39. The van der Waals surface area contributed by atoms with Gasteiger partial charge in [0.2, 0.25) is 0 Å². The van der Waals surface area contributed by atoms with Gasteiger partial charge in [-0.2, -0.15) is 5.10 Å². The molecule has 0 unspecified atom stereocenters. The number of ketones is 2. The molecule has 1 aromatic rings. The average molecular weight is 178 g/mol. The number of aromatic amines is 1. The smallest absolute Gasteiger partial charge is 0.149 e. The van der Waals surface area contributed by atoms with Crippen molar-refractivity contribution in [1.82, 2.24) is 10.2 Å². The molecule has 1 saturated carbocycles. The van der Waals surface area contributed by atoms with Crippen LogP contribution in [-0.4, -0.2) is 21.8 Å². The summed E-state index contributed by atoms with van der Waals surface area (Å²) in [5.74, 6) is -0.544. The first kappa shape index (κ1) is 8.16. The summed E-state index contributed by atoms with van der Waals surface area (Å²) in [6, 6.07) is 1.69. The van der Waals surface area contributed by atoms with Gasteiger partial charge >= 0.3 is 0 Å². The molecule has 0 radical (unpaired) electrons. The molecule has 0 amide bonds. The van der Waals surface area contributed by atoms with E-state index in [1.54, 1.807) is 12.3 Å². The second kappa shape index (κ2) is 3.12. The third-order valence-corrected chi connectivity index (χ3v) is 2.32. The molecule has 0 aromatic carbocycles. The van der Waals surface area contributed by atoms with Crippen LogP contribution in [0.15, 0.2) is 12.3 Å². The molecule has 1 aliphatic rings. The van der Waals surface area contributed by atoms with E-state index in [4.69, 9.17) is 0 Å². The molecule has 68 valence electrons. The van der Waals surface area contributed by atoms with Crippen LogP contribution in [0.3, 0.4) is 0 Å². The Balaban J connectivity index is 2.29. The highest BCUT2D eigenvalue weighted by Gasteiger charge is 2.32. The molecule has 0 bridgehead atoms. The highest BCUT2D eigenvalue weighted by molar-refractivity contribution is 6.08. The summed E-state index contributed by atoms with van der Waals surface area (Å²) in [6.07, 6.45) is 3.28. The van der Waals surface area contributed by atoms with Crippen LogP contribution >= 0.6 is 0 Å². The van der Waals surface area contributed by atoms with Crippen molar-refractivity contribution in [3.63, 3.8) is 0 Å². The topological polar surface area (TPSA) is 62.8 Å². The summed E-state index contributed by atoms with van der Waals surface area (Å²) in [5.41, 5.74) is 0.634. The van der Waals surface area contributed by atoms with Crippen LogP contribution < -0.4 is 0 Å². The van der Waals surface area contributed by atoms with Crippen LogP contribution in [0.4, 0.5) is 0 Å². The monoisotopic (exact) mass is 178 g/mol. The third-order valence-electron chi connectivity index (χ3n) is 2.32. The summed E-state index contributed by atoms with van der Waals surface area (Å²) >= 11 is 0. The van der Waals surface area contributed by atoms with Crippen LogP contribution in [0.25, 0.3) is 0 Å². The van der Waals surface area contributed by atoms with Gasteiger partial charge < -0.3 is 0 Å². The van der Waals surface area contributed by atoms with Crippen LogP contribution in [-0.2, 0) is 9.59 Å². The van der Waals surface area contributed by atoms with E-state index in [0.29, 0.717) is 25.0 Å². The molecule has 4 nitrogen and oxygen atoms in total. The van der Waals surface area contributed by atoms with Gasteiger partial charge in [-0.1, -0.05) is 0 Å². The number of hydrogen-bond acceptors (Lipinski definition) is 3. The van der Waals surface area contributed by atoms with Crippen LogP contribution in [0.5, 0.6) is 0 Å². The lowest BCUT2D eigenvalue weighted by molar-refractivity contribution is -0.131. The van der Waals surface area contributed by atoms with Gasteiger partial charge in [0.1, 0.15) is 17.5 Å². The molecule has 1 aliphatic carbocycles. The van der Waals surface area contributed by atoms with Gasteiger partial charge in [0.25, 0.3) is 0 Å². The van der Waals surface area contributed by atoms with E-state index in [1.165, 1.54) is 0 Å². The summed E-state index contributed by atoms with van der Waals surface area (Å²) in [7, 11) is 0. The average Bonchev–Trinajstić information content (AvgIpc) is 2.57. The van der Waals surface area contributed by atoms with Gasteiger partial charge in [-0.05, 0) is 12.5 Å². The van der Waals surface area contributed by atoms with E-state index >= 15 is 0 Å². The molecule has 0 atom stereocenters. The second-order valence-corrected chi connectivity index (χ2v) is 3.23. The maximum atomic E-state index is 11.4. The maximum Gasteiger partial charge on any atom is 0.149 e. The predicted molar refractivity (Wildman–Crippen MR) is 45.2 cm³/mol. The van der Waals surface area contributed by atoms with Gasteiger partial charge in [-0.15, -0.1) is 0 Å². The lowest BCUT2D eigenvalue weighted by Gasteiger charge is -2.17. The predicted octanol–water partition coefficient (Wildman–Crippen LogP) is 0.815. The van der Waals surface area contributed by atoms with Crippen molar-refractivity contribution >= 4 is 11.6 Å². The van der Waals surface area contributed by atoms with E-state index in [9.17, 15) is 9.59 Å². The summed E-state index contributed by atoms with van der Waals surface area (Å²) in [6.45, 7) is 0. The summed E-state index contributed by atoms with van der Waals surface area (Å²) in [4.78, 5) is 22.9. The van der Waals surface area contributed by atoms with Crippen molar-refractivity contribution in [1.29, 1.82) is 0 Å². The zero-order chi connectivity index (χ0) is 9.26. The minimum absolute atomic E-state index is 0.0144. The Bertz CT molecular complexity index is 313. The number of hydrogen-bond donors (Lipinski definition) is 1. The molecule has 1 N–H and O–H groups in total. The van der Waals surface area contributed by atoms with Crippen LogP contribution in [0.1, 0.15) is 30.9 Å². The highest BCUT2D eigenvalue weighted by Crippen LogP contribution is 2.25. The van der Waals surface area contributed by atoms with E-state index < -0.39 is 5.92 Å². The zero-order valence-corrected chi connectivity index (χ0v) is 7.12. The molecule has 0 saturated heterocycles. The zero-order valence-electron chi connectivity index (χ0n) is 7.12. The number of nitrogens with one attached hydrogen (secondary N) is 1. The van der Waals surface area contributed by atoms with Crippen LogP contribution in [0.2, 0.25) is 0 Å². The molecule has 4 heteroatoms. The Kier molecular flexibility index (Phi) is 1.96. The first-order valence-electron chi connectivity index (χ1n) is 4.34. The normalized spacial score (nSPS) is 19.4. The Morgan fingerprint density at radius 3 is 2.54 bits per heavy atom. The number of aromatic nitrogens is 2. The fourth-order valence-corrected chi connectivity index (χ4v) is 1.68. The van der Waals surface area contributed by atoms with E-state index in [-0.39, 0.29) is 11.6 Å². The number of carbonyl (C=O) groups is 2. The largest absolute Gasteiger partial charge is 0.298 e. The number of H-pyrrole nitrogens is 1. The van der Waals surface area contributed by atoms with Crippen molar-refractivity contribution in [3.05, 3.63) is 18.0 Å². The minimum atomic E-state index is -0.573. The Morgan fingerprint density at radius 2 is 2.00 bits per heavy atom. The van der Waals surface area contributed by atoms with Crippen LogP contribution in [0, 0.1) is 0 Å². The molecule has 0 spiro atoms. The van der Waals surface area contributed by atoms with E-state index in [2.05, 4.69) is 10.2 Å². The lowest BCUT2D eigenvalue weighted by atomic mass is 9.85. The van der Waals surface area contributed by atoms with Crippen molar-refractivity contribution in [3.8, 4) is 0 Å². The standard InChI is InChI=1S/C9H10N2O2/c12-7-2-1-3-8(13)9(7)6-4-5-10-11-6/h4-5,9H,1-3H2,(H,10,11). The molecule has 13 heavy (non-hydrogen) atoms. The fourth-order valence-electron chi connectivity index (χ4n) is 1.68. The molecule has 1 fully saturated rings. The maximum absolute atomic E-state index is 11.4. The number of nitrogens with zero attached hydrogens (tertiary/aromatic N) is 1. The molecular weight excluding hydrogens is 168 g/mol. The van der Waals surface area contributed by atoms with Crippen molar-refractivity contribution < 1.29 is 9.59 Å². The minimum Gasteiger partial charge on any atom is -0.298 e. The van der Waals surface area contributed by atoms with Gasteiger partial charge in [-0.3, -0.25) is 14.7 Å². The quantitative estimate of drug-likeness (QED) is 0.647. The van der Waals surface area contributed by atoms with Crippen molar-refractivity contribution in [2.24, 2.45) is 0 Å². The Labute approximate surface area is 75.3 Å².